The van der Waals surface area contributed by atoms with Crippen molar-refractivity contribution in [2.75, 3.05) is 6.61 Å². The van der Waals surface area contributed by atoms with Crippen LogP contribution in [-0.2, 0) is 4.79 Å². The summed E-state index contributed by atoms with van der Waals surface area (Å²) >= 11 is 1.46. The summed E-state index contributed by atoms with van der Waals surface area (Å²) in [7, 11) is 0. The van der Waals surface area contributed by atoms with Crippen LogP contribution >= 0.6 is 11.8 Å². The predicted molar refractivity (Wildman–Crippen MR) is 89.2 cm³/mol. The topological polar surface area (TPSA) is 46.5 Å². The molecular weight excluding hydrogens is 296 g/mol. The molecule has 1 saturated carbocycles. The van der Waals surface area contributed by atoms with E-state index in [4.69, 9.17) is 4.74 Å². The van der Waals surface area contributed by atoms with E-state index in [0.29, 0.717) is 6.61 Å². The summed E-state index contributed by atoms with van der Waals surface area (Å²) in [6, 6.07) is 7.61. The Bertz CT molecular complexity index is 536. The van der Waals surface area contributed by atoms with E-state index in [9.17, 15) is 9.90 Å². The maximum absolute atomic E-state index is 11.6. The molecule has 1 aliphatic carbocycles. The zero-order valence-electron chi connectivity index (χ0n) is 12.9. The highest BCUT2D eigenvalue weighted by molar-refractivity contribution is 8.00. The Labute approximate surface area is 136 Å². The maximum atomic E-state index is 11.6. The lowest BCUT2D eigenvalue weighted by molar-refractivity contribution is -0.137. The van der Waals surface area contributed by atoms with Gasteiger partial charge in [-0.05, 0) is 49.9 Å². The maximum Gasteiger partial charge on any atom is 0.317 e. The van der Waals surface area contributed by atoms with E-state index < -0.39 is 5.97 Å². The number of benzene rings is 1. The van der Waals surface area contributed by atoms with E-state index in [0.717, 1.165) is 36.3 Å². The first-order valence-electron chi connectivity index (χ1n) is 7.72. The molecule has 0 bridgehead atoms. The number of aliphatic carboxylic acids is 1. The van der Waals surface area contributed by atoms with Crippen LogP contribution in [0.25, 0.3) is 0 Å². The average Bonchev–Trinajstić information content (AvgIpc) is 2.55. The molecule has 1 N–H and O–H groups in total. The van der Waals surface area contributed by atoms with Crippen LogP contribution in [0.1, 0.15) is 39.0 Å². The van der Waals surface area contributed by atoms with Crippen LogP contribution in [0.3, 0.4) is 0 Å². The highest BCUT2D eigenvalue weighted by atomic mass is 32.2. The van der Waals surface area contributed by atoms with Crippen molar-refractivity contribution in [2.24, 2.45) is 5.92 Å². The minimum atomic E-state index is -0.699. The third-order valence-electron chi connectivity index (χ3n) is 3.90. The van der Waals surface area contributed by atoms with Gasteiger partial charge in [0.15, 0.2) is 0 Å². The largest absolute Gasteiger partial charge is 0.481 e. The van der Waals surface area contributed by atoms with Crippen molar-refractivity contribution in [3.63, 3.8) is 0 Å². The summed E-state index contributed by atoms with van der Waals surface area (Å²) in [5, 5.41) is 9.17. The Balaban J connectivity index is 1.96. The third kappa shape index (κ3) is 4.99. The van der Waals surface area contributed by atoms with Gasteiger partial charge in [0, 0.05) is 4.90 Å². The zero-order valence-corrected chi connectivity index (χ0v) is 13.7. The quantitative estimate of drug-likeness (QED) is 0.630. The van der Waals surface area contributed by atoms with Crippen molar-refractivity contribution < 1.29 is 14.6 Å². The van der Waals surface area contributed by atoms with Crippen LogP contribution in [0.4, 0.5) is 0 Å². The molecule has 1 aliphatic rings. The molecule has 4 heteroatoms. The van der Waals surface area contributed by atoms with Crippen LogP contribution in [0.5, 0.6) is 5.75 Å². The molecule has 0 spiro atoms. The second kappa shape index (κ2) is 8.75. The molecule has 3 nitrogen and oxygen atoms in total. The fourth-order valence-electron chi connectivity index (χ4n) is 2.74. The van der Waals surface area contributed by atoms with Crippen molar-refractivity contribution in [1.82, 2.24) is 0 Å². The summed E-state index contributed by atoms with van der Waals surface area (Å²) in [5.74, 6) is 5.97. The van der Waals surface area contributed by atoms with Gasteiger partial charge in [-0.2, -0.15) is 0 Å². The van der Waals surface area contributed by atoms with Crippen molar-refractivity contribution in [1.29, 1.82) is 0 Å². The number of carbonyl (C=O) groups is 1. The first-order valence-corrected chi connectivity index (χ1v) is 8.60. The standard InChI is InChI=1S/C18H22O3S/c1-2-3-13-21-15-9-11-16(12-10-15)22-17(18(19)20)14-7-5-4-6-8-14/h9-12,14,17H,4-8,13H2,1H3,(H,19,20)/t17-/m1/s1. The Morgan fingerprint density at radius 2 is 2.00 bits per heavy atom. The molecule has 0 saturated heterocycles. The summed E-state index contributed by atoms with van der Waals surface area (Å²) in [6.45, 7) is 2.16. The highest BCUT2D eigenvalue weighted by Crippen LogP contribution is 2.36. The second-order valence-electron chi connectivity index (χ2n) is 5.46. The fraction of sp³-hybridized carbons (Fsp3) is 0.500. The summed E-state index contributed by atoms with van der Waals surface area (Å²) < 4.78 is 5.47. The van der Waals surface area contributed by atoms with Crippen molar-refractivity contribution >= 4 is 17.7 Å². The van der Waals surface area contributed by atoms with E-state index in [2.05, 4.69) is 11.8 Å². The van der Waals surface area contributed by atoms with Gasteiger partial charge in [-0.3, -0.25) is 4.79 Å². The summed E-state index contributed by atoms with van der Waals surface area (Å²) in [6.07, 6.45) is 5.60. The molecule has 2 rings (SSSR count). The van der Waals surface area contributed by atoms with Crippen LogP contribution in [-0.4, -0.2) is 22.9 Å². The van der Waals surface area contributed by atoms with Crippen molar-refractivity contribution in [3.05, 3.63) is 24.3 Å². The first-order chi connectivity index (χ1) is 10.7. The highest BCUT2D eigenvalue weighted by Gasteiger charge is 2.30. The van der Waals surface area contributed by atoms with Crippen LogP contribution < -0.4 is 4.74 Å². The van der Waals surface area contributed by atoms with E-state index >= 15 is 0 Å². The van der Waals surface area contributed by atoms with Gasteiger partial charge < -0.3 is 9.84 Å². The smallest absolute Gasteiger partial charge is 0.317 e. The monoisotopic (exact) mass is 318 g/mol. The number of carboxylic acids is 1. The molecule has 0 aromatic heterocycles. The molecule has 1 atom stereocenters. The zero-order chi connectivity index (χ0) is 15.8. The molecule has 0 amide bonds. The molecule has 0 radical (unpaired) electrons. The number of hydrogen-bond donors (Lipinski definition) is 1. The first kappa shape index (κ1) is 16.8. The van der Waals surface area contributed by atoms with E-state index in [1.54, 1.807) is 6.92 Å². The molecule has 22 heavy (non-hydrogen) atoms. The van der Waals surface area contributed by atoms with E-state index in [-0.39, 0.29) is 11.2 Å². The third-order valence-corrected chi connectivity index (χ3v) is 5.28. The summed E-state index contributed by atoms with van der Waals surface area (Å²) in [4.78, 5) is 12.6. The Morgan fingerprint density at radius 1 is 1.32 bits per heavy atom. The number of rotatable bonds is 6. The minimum absolute atomic E-state index is 0.284. The van der Waals surface area contributed by atoms with Gasteiger partial charge in [0.25, 0.3) is 0 Å². The van der Waals surface area contributed by atoms with Gasteiger partial charge in [-0.15, -0.1) is 17.7 Å². The average molecular weight is 318 g/mol. The fourth-order valence-corrected chi connectivity index (χ4v) is 3.89. The molecule has 1 aromatic carbocycles. The van der Waals surface area contributed by atoms with Crippen LogP contribution in [0.2, 0.25) is 0 Å². The Kier molecular flexibility index (Phi) is 6.67. The van der Waals surface area contributed by atoms with Crippen LogP contribution in [0, 0.1) is 17.8 Å². The van der Waals surface area contributed by atoms with Gasteiger partial charge in [0.05, 0.1) is 0 Å². The number of hydrogen-bond acceptors (Lipinski definition) is 3. The predicted octanol–water partition coefficient (Wildman–Crippen LogP) is 4.21. The molecule has 1 fully saturated rings. The molecule has 0 aliphatic heterocycles. The normalized spacial score (nSPS) is 16.4. The molecule has 0 unspecified atom stereocenters. The number of thioether (sulfide) groups is 1. The molecule has 1 aromatic rings. The minimum Gasteiger partial charge on any atom is -0.481 e. The van der Waals surface area contributed by atoms with E-state index in [1.165, 1.54) is 18.2 Å². The van der Waals surface area contributed by atoms with Gasteiger partial charge >= 0.3 is 5.97 Å². The molecular formula is C18H22O3S. The van der Waals surface area contributed by atoms with Crippen molar-refractivity contribution in [3.8, 4) is 17.6 Å². The second-order valence-corrected chi connectivity index (χ2v) is 6.68. The van der Waals surface area contributed by atoms with Gasteiger partial charge in [0.1, 0.15) is 17.6 Å². The number of ether oxygens (including phenoxy) is 1. The molecule has 0 heterocycles. The van der Waals surface area contributed by atoms with Gasteiger partial charge in [-0.25, -0.2) is 0 Å². The SMILES string of the molecule is CC#CCOc1ccc(S[C@@H](C(=O)O)C2CCCCC2)cc1. The lowest BCUT2D eigenvalue weighted by Gasteiger charge is -2.27. The summed E-state index contributed by atoms with van der Waals surface area (Å²) in [5.41, 5.74) is 0. The number of carboxylic acid groups (broad SMARTS) is 1. The van der Waals surface area contributed by atoms with Crippen molar-refractivity contribution in [2.45, 2.75) is 49.2 Å². The van der Waals surface area contributed by atoms with E-state index in [1.807, 2.05) is 24.3 Å². The lowest BCUT2D eigenvalue weighted by Crippen LogP contribution is -2.28. The molecule has 118 valence electrons. The Morgan fingerprint density at radius 3 is 2.59 bits per heavy atom. The lowest BCUT2D eigenvalue weighted by atomic mass is 9.87. The van der Waals surface area contributed by atoms with Gasteiger partial charge in [-0.1, -0.05) is 25.2 Å². The Hall–Kier alpha value is -1.60. The van der Waals surface area contributed by atoms with Crippen LogP contribution in [0.15, 0.2) is 29.2 Å². The van der Waals surface area contributed by atoms with Gasteiger partial charge in [0.2, 0.25) is 0 Å².